The van der Waals surface area contributed by atoms with E-state index < -0.39 is 10.9 Å². The van der Waals surface area contributed by atoms with Crippen molar-refractivity contribution in [2.24, 2.45) is 0 Å². The molecule has 3 N–H and O–H groups in total. The molecular weight excluding hydrogens is 398 g/mol. The summed E-state index contributed by atoms with van der Waals surface area (Å²) in [5.74, 6) is 0.777. The second-order valence-electron chi connectivity index (χ2n) is 7.39. The zero-order chi connectivity index (χ0) is 23.1. The van der Waals surface area contributed by atoms with Crippen molar-refractivity contribution >= 4 is 23.5 Å². The number of phenolic OH excluding ortho intramolecular Hbond substituents is 1. The first kappa shape index (κ1) is 23.7. The minimum atomic E-state index is -0.600. The molecule has 1 heterocycles. The molecule has 0 aliphatic heterocycles. The number of amides is 1. The normalized spacial score (nSPS) is 11.4. The lowest BCUT2D eigenvalue weighted by Gasteiger charge is -2.20. The Balaban J connectivity index is 0.000000614. The second-order valence-corrected chi connectivity index (χ2v) is 7.39. The van der Waals surface area contributed by atoms with Gasteiger partial charge >= 0.3 is 0 Å². The van der Waals surface area contributed by atoms with E-state index in [2.05, 4.69) is 10.6 Å². The largest absolute Gasteiger partial charge is 0.505 e. The number of carbonyl (C=O) groups excluding carboxylic acids is 1. The Bertz CT molecular complexity index is 1090. The number of aryl methyl sites for hydroxylation is 2. The SMILES string of the molecule is CCc1coc([C@@H](CC)Nc2c(Nc3cccc(C)c3O)c(=O)c2=O)c1.CN(C)C=O. The highest BCUT2D eigenvalue weighted by Crippen LogP contribution is 2.32. The molecule has 0 saturated carbocycles. The second kappa shape index (κ2) is 10.5. The van der Waals surface area contributed by atoms with Crippen LogP contribution in [0.2, 0.25) is 0 Å². The molecular formula is C23H29N3O5. The first-order chi connectivity index (χ1) is 14.7. The molecule has 0 aliphatic rings. The average molecular weight is 428 g/mol. The Kier molecular flexibility index (Phi) is 8.01. The molecule has 8 heteroatoms. The number of benzene rings is 1. The van der Waals surface area contributed by atoms with E-state index in [1.807, 2.05) is 19.9 Å². The zero-order valence-electron chi connectivity index (χ0n) is 18.5. The highest BCUT2D eigenvalue weighted by atomic mass is 16.3. The molecule has 0 bridgehead atoms. The van der Waals surface area contributed by atoms with E-state index in [-0.39, 0.29) is 23.2 Å². The smallest absolute Gasteiger partial charge is 0.253 e. The number of rotatable bonds is 8. The van der Waals surface area contributed by atoms with Crippen molar-refractivity contribution in [1.82, 2.24) is 4.90 Å². The summed E-state index contributed by atoms with van der Waals surface area (Å²) in [5, 5.41) is 16.1. The third-order valence-corrected chi connectivity index (χ3v) is 4.77. The molecule has 0 spiro atoms. The van der Waals surface area contributed by atoms with Gasteiger partial charge in [0.15, 0.2) is 0 Å². The van der Waals surface area contributed by atoms with Gasteiger partial charge in [-0.2, -0.15) is 0 Å². The lowest BCUT2D eigenvalue weighted by molar-refractivity contribution is -0.115. The molecule has 0 saturated heterocycles. The van der Waals surface area contributed by atoms with Crippen LogP contribution >= 0.6 is 0 Å². The first-order valence-electron chi connectivity index (χ1n) is 10.1. The minimum Gasteiger partial charge on any atom is -0.505 e. The fraction of sp³-hybridized carbons (Fsp3) is 0.348. The van der Waals surface area contributed by atoms with E-state index in [1.165, 1.54) is 4.90 Å². The Morgan fingerprint density at radius 1 is 1.16 bits per heavy atom. The number of aromatic hydroxyl groups is 1. The van der Waals surface area contributed by atoms with Gasteiger partial charge in [0, 0.05) is 14.1 Å². The van der Waals surface area contributed by atoms with Crippen molar-refractivity contribution in [2.75, 3.05) is 24.7 Å². The summed E-state index contributed by atoms with van der Waals surface area (Å²) in [7, 11) is 3.38. The Labute approximate surface area is 181 Å². The maximum absolute atomic E-state index is 12.1. The van der Waals surface area contributed by atoms with Crippen LogP contribution in [-0.4, -0.2) is 30.5 Å². The highest BCUT2D eigenvalue weighted by molar-refractivity contribution is 5.81. The van der Waals surface area contributed by atoms with E-state index in [9.17, 15) is 19.5 Å². The Hall–Kier alpha value is -3.55. The number of para-hydroxylation sites is 1. The molecule has 2 aromatic carbocycles. The van der Waals surface area contributed by atoms with E-state index in [0.717, 1.165) is 24.2 Å². The zero-order valence-corrected chi connectivity index (χ0v) is 18.5. The fourth-order valence-electron chi connectivity index (χ4n) is 2.85. The van der Waals surface area contributed by atoms with Crippen molar-refractivity contribution in [2.45, 2.75) is 39.7 Å². The van der Waals surface area contributed by atoms with Gasteiger partial charge in [-0.3, -0.25) is 14.4 Å². The molecule has 3 rings (SSSR count). The van der Waals surface area contributed by atoms with Crippen LogP contribution in [0.25, 0.3) is 0 Å². The van der Waals surface area contributed by atoms with E-state index in [1.54, 1.807) is 45.5 Å². The Morgan fingerprint density at radius 2 is 1.81 bits per heavy atom. The lowest BCUT2D eigenvalue weighted by atomic mass is 10.1. The van der Waals surface area contributed by atoms with Crippen molar-refractivity contribution < 1.29 is 14.3 Å². The van der Waals surface area contributed by atoms with Gasteiger partial charge < -0.3 is 25.1 Å². The summed E-state index contributed by atoms with van der Waals surface area (Å²) in [6, 6.07) is 6.91. The number of anilines is 3. The molecule has 3 aromatic rings. The van der Waals surface area contributed by atoms with Crippen LogP contribution in [0.1, 0.15) is 43.2 Å². The van der Waals surface area contributed by atoms with Gasteiger partial charge in [0.1, 0.15) is 22.9 Å². The molecule has 0 fully saturated rings. The number of nitrogens with one attached hydrogen (secondary N) is 2. The molecule has 8 nitrogen and oxygen atoms in total. The van der Waals surface area contributed by atoms with Gasteiger partial charge in [-0.15, -0.1) is 0 Å². The van der Waals surface area contributed by atoms with Gasteiger partial charge in [-0.05, 0) is 43.0 Å². The predicted molar refractivity (Wildman–Crippen MR) is 122 cm³/mol. The number of nitrogens with zero attached hydrogens (tertiary/aromatic N) is 1. The van der Waals surface area contributed by atoms with E-state index in [4.69, 9.17) is 4.42 Å². The molecule has 1 atom stereocenters. The van der Waals surface area contributed by atoms with Crippen molar-refractivity contribution in [3.63, 3.8) is 0 Å². The fourth-order valence-corrected chi connectivity index (χ4v) is 2.85. The van der Waals surface area contributed by atoms with Crippen LogP contribution in [-0.2, 0) is 11.2 Å². The van der Waals surface area contributed by atoms with E-state index in [0.29, 0.717) is 17.7 Å². The summed E-state index contributed by atoms with van der Waals surface area (Å²) in [6.45, 7) is 5.77. The third kappa shape index (κ3) is 5.53. The molecule has 1 amide bonds. The van der Waals surface area contributed by atoms with Gasteiger partial charge in [-0.1, -0.05) is 26.0 Å². The summed E-state index contributed by atoms with van der Waals surface area (Å²) in [6.07, 6.45) is 4.00. The molecule has 31 heavy (non-hydrogen) atoms. The van der Waals surface area contributed by atoms with Crippen LogP contribution in [0.5, 0.6) is 5.75 Å². The van der Waals surface area contributed by atoms with Crippen molar-refractivity contribution in [3.8, 4) is 5.75 Å². The minimum absolute atomic E-state index is 0.0529. The summed E-state index contributed by atoms with van der Waals surface area (Å²) < 4.78 is 5.59. The van der Waals surface area contributed by atoms with Crippen LogP contribution in [0.4, 0.5) is 17.1 Å². The van der Waals surface area contributed by atoms with Crippen LogP contribution in [0.15, 0.2) is 44.5 Å². The topological polar surface area (TPSA) is 112 Å². The van der Waals surface area contributed by atoms with Crippen molar-refractivity contribution in [3.05, 3.63) is 67.9 Å². The maximum atomic E-state index is 12.1. The highest BCUT2D eigenvalue weighted by Gasteiger charge is 2.25. The molecule has 0 unspecified atom stereocenters. The van der Waals surface area contributed by atoms with Crippen molar-refractivity contribution in [1.29, 1.82) is 0 Å². The average Bonchev–Trinajstić information content (AvgIpc) is 3.25. The Morgan fingerprint density at radius 3 is 2.35 bits per heavy atom. The maximum Gasteiger partial charge on any atom is 0.253 e. The lowest BCUT2D eigenvalue weighted by Crippen LogP contribution is -2.37. The van der Waals surface area contributed by atoms with Crippen LogP contribution in [0.3, 0.4) is 0 Å². The third-order valence-electron chi connectivity index (χ3n) is 4.77. The standard InChI is InChI=1S/C20H22N2O4.C3H7NO/c1-4-12-9-15(26-10-12)13(5-2)21-16-17(20(25)19(16)24)22-14-8-6-7-11(3)18(14)23;1-4(2)3-5/h6-10,13,21-23H,4-5H2,1-3H3;3H,1-2H3/t13-;/m1./s1. The van der Waals surface area contributed by atoms with Gasteiger partial charge in [0.25, 0.3) is 10.9 Å². The quantitative estimate of drug-likeness (QED) is 0.287. The monoisotopic (exact) mass is 427 g/mol. The molecule has 1 aromatic heterocycles. The van der Waals surface area contributed by atoms with Crippen LogP contribution in [0, 0.1) is 6.92 Å². The summed E-state index contributed by atoms with van der Waals surface area (Å²) >= 11 is 0. The molecule has 0 radical (unpaired) electrons. The number of hydrogen-bond acceptors (Lipinski definition) is 7. The van der Waals surface area contributed by atoms with Crippen LogP contribution < -0.4 is 21.5 Å². The predicted octanol–water partition coefficient (Wildman–Crippen LogP) is 3.46. The number of furan rings is 1. The summed E-state index contributed by atoms with van der Waals surface area (Å²) in [5.41, 5.74) is 1.36. The summed E-state index contributed by atoms with van der Waals surface area (Å²) in [4.78, 5) is 34.9. The molecule has 166 valence electrons. The number of carbonyl (C=O) groups is 1. The first-order valence-corrected chi connectivity index (χ1v) is 10.1. The number of phenols is 1. The number of hydrogen-bond donors (Lipinski definition) is 3. The molecule has 0 aliphatic carbocycles. The van der Waals surface area contributed by atoms with Gasteiger partial charge in [0.05, 0.1) is 18.0 Å². The van der Waals surface area contributed by atoms with Gasteiger partial charge in [0.2, 0.25) is 6.41 Å². The van der Waals surface area contributed by atoms with Gasteiger partial charge in [-0.25, -0.2) is 0 Å². The van der Waals surface area contributed by atoms with E-state index >= 15 is 0 Å².